The smallest absolute Gasteiger partial charge is 0.243 e. The van der Waals surface area contributed by atoms with E-state index in [1.54, 1.807) is 34.4 Å². The number of anilines is 1. The van der Waals surface area contributed by atoms with Crippen molar-refractivity contribution in [2.75, 3.05) is 11.4 Å². The number of fused-ring (bicyclic) bond motifs is 1. The molecule has 0 aliphatic carbocycles. The van der Waals surface area contributed by atoms with Crippen LogP contribution in [0.1, 0.15) is 37.1 Å². The van der Waals surface area contributed by atoms with Gasteiger partial charge in [0.2, 0.25) is 21.8 Å². The molecule has 2 atom stereocenters. The fourth-order valence-electron chi connectivity index (χ4n) is 4.38. The molecule has 1 aromatic carbocycles. The van der Waals surface area contributed by atoms with Crippen molar-refractivity contribution >= 4 is 38.9 Å². The molecule has 30 heavy (non-hydrogen) atoms. The minimum Gasteiger partial charge on any atom is -0.350 e. The monoisotopic (exact) mass is 447 g/mol. The summed E-state index contributed by atoms with van der Waals surface area (Å²) in [6, 6.07) is 8.05. The molecule has 9 heteroatoms. The largest absolute Gasteiger partial charge is 0.350 e. The predicted molar refractivity (Wildman–Crippen MR) is 116 cm³/mol. The van der Waals surface area contributed by atoms with Crippen molar-refractivity contribution in [3.63, 3.8) is 0 Å². The molecule has 1 N–H and O–H groups in total. The predicted octanol–water partition coefficient (Wildman–Crippen LogP) is 2.52. The Morgan fingerprint density at radius 2 is 2.07 bits per heavy atom. The molecule has 160 valence electrons. The molecular formula is C21H25N3O4S2. The molecule has 0 bridgehead atoms. The maximum Gasteiger partial charge on any atom is 0.243 e. The van der Waals surface area contributed by atoms with Gasteiger partial charge in [0.15, 0.2) is 0 Å². The van der Waals surface area contributed by atoms with Gasteiger partial charge in [-0.2, -0.15) is 4.31 Å². The van der Waals surface area contributed by atoms with Gasteiger partial charge in [0.25, 0.3) is 0 Å². The Kier molecular flexibility index (Phi) is 5.69. The van der Waals surface area contributed by atoms with Crippen molar-refractivity contribution in [1.82, 2.24) is 9.62 Å². The van der Waals surface area contributed by atoms with Gasteiger partial charge in [-0.3, -0.25) is 9.59 Å². The number of hydrogen-bond donors (Lipinski definition) is 1. The molecule has 2 aliphatic heterocycles. The van der Waals surface area contributed by atoms with Crippen LogP contribution >= 0.6 is 11.3 Å². The van der Waals surface area contributed by atoms with E-state index < -0.39 is 16.1 Å². The van der Waals surface area contributed by atoms with Gasteiger partial charge in [-0.1, -0.05) is 6.07 Å². The second kappa shape index (κ2) is 8.13. The lowest BCUT2D eigenvalue weighted by atomic mass is 10.1. The summed E-state index contributed by atoms with van der Waals surface area (Å²) >= 11 is 1.55. The molecule has 1 fully saturated rings. The molecule has 1 saturated heterocycles. The van der Waals surface area contributed by atoms with Crippen LogP contribution in [-0.2, 0) is 32.6 Å². The molecule has 0 radical (unpaired) electrons. The first-order valence-corrected chi connectivity index (χ1v) is 12.4. The van der Waals surface area contributed by atoms with E-state index in [2.05, 4.69) is 5.32 Å². The standard InChI is InChI=1S/C21H25N3O4S2/c1-14-11-16-12-18(7-8-19(16)24(14)15(2)25)30(27,28)23-9-3-6-20(23)21(26)22-13-17-5-4-10-29-17/h4-5,7-8,10,12,14,20H,3,6,9,11,13H2,1-2H3,(H,22,26)/t14-,20+/m0/s1. The van der Waals surface area contributed by atoms with Gasteiger partial charge in [-0.05, 0) is 61.4 Å². The summed E-state index contributed by atoms with van der Waals surface area (Å²) < 4.78 is 28.0. The molecule has 4 rings (SSSR count). The molecule has 2 aromatic rings. The Balaban J connectivity index is 1.55. The van der Waals surface area contributed by atoms with Crippen molar-refractivity contribution in [2.45, 2.75) is 56.6 Å². The summed E-state index contributed by atoms with van der Waals surface area (Å²) in [5.74, 6) is -0.319. The van der Waals surface area contributed by atoms with E-state index in [1.807, 2.05) is 24.4 Å². The Morgan fingerprint density at radius 1 is 1.27 bits per heavy atom. The Hall–Kier alpha value is -2.23. The number of nitrogens with one attached hydrogen (secondary N) is 1. The lowest BCUT2D eigenvalue weighted by molar-refractivity contribution is -0.124. The molecule has 1 aromatic heterocycles. The quantitative estimate of drug-likeness (QED) is 0.763. The maximum absolute atomic E-state index is 13.3. The van der Waals surface area contributed by atoms with E-state index in [4.69, 9.17) is 0 Å². The molecule has 0 spiro atoms. The number of carbonyl (C=O) groups excluding carboxylic acids is 2. The highest BCUT2D eigenvalue weighted by molar-refractivity contribution is 7.89. The minimum absolute atomic E-state index is 0.00183. The summed E-state index contributed by atoms with van der Waals surface area (Å²) in [4.78, 5) is 27.6. The molecular weight excluding hydrogens is 422 g/mol. The average Bonchev–Trinajstić information content (AvgIpc) is 3.43. The fraction of sp³-hybridized carbons (Fsp3) is 0.429. The van der Waals surface area contributed by atoms with Crippen LogP contribution in [0.5, 0.6) is 0 Å². The minimum atomic E-state index is -3.81. The van der Waals surface area contributed by atoms with Crippen LogP contribution in [0.25, 0.3) is 0 Å². The van der Waals surface area contributed by atoms with Crippen LogP contribution < -0.4 is 10.2 Å². The van der Waals surface area contributed by atoms with Crippen molar-refractivity contribution in [3.05, 3.63) is 46.2 Å². The van der Waals surface area contributed by atoms with Gasteiger partial charge in [-0.15, -0.1) is 11.3 Å². The normalized spacial score (nSPS) is 21.6. The highest BCUT2D eigenvalue weighted by Crippen LogP contribution is 2.35. The molecule has 0 saturated carbocycles. The topological polar surface area (TPSA) is 86.8 Å². The average molecular weight is 448 g/mol. The second-order valence-corrected chi connectivity index (χ2v) is 10.7. The number of nitrogens with zero attached hydrogens (tertiary/aromatic N) is 2. The zero-order chi connectivity index (χ0) is 21.5. The Morgan fingerprint density at radius 3 is 2.77 bits per heavy atom. The SMILES string of the molecule is CC(=O)N1c2ccc(S(=O)(=O)N3CCC[C@@H]3C(=O)NCc3cccs3)cc2C[C@@H]1C. The number of hydrogen-bond acceptors (Lipinski definition) is 5. The van der Waals surface area contributed by atoms with Gasteiger partial charge < -0.3 is 10.2 Å². The van der Waals surface area contributed by atoms with Crippen LogP contribution in [0, 0.1) is 0 Å². The number of sulfonamides is 1. The lowest BCUT2D eigenvalue weighted by Gasteiger charge is -2.24. The molecule has 7 nitrogen and oxygen atoms in total. The number of rotatable bonds is 5. The summed E-state index contributed by atoms with van der Waals surface area (Å²) in [6.45, 7) is 4.19. The number of benzene rings is 1. The first-order valence-electron chi connectivity index (χ1n) is 10.0. The van der Waals surface area contributed by atoms with Gasteiger partial charge in [0, 0.05) is 30.1 Å². The van der Waals surface area contributed by atoms with Gasteiger partial charge in [0.1, 0.15) is 6.04 Å². The van der Waals surface area contributed by atoms with E-state index in [9.17, 15) is 18.0 Å². The van der Waals surface area contributed by atoms with Crippen molar-refractivity contribution in [3.8, 4) is 0 Å². The molecule has 0 unspecified atom stereocenters. The third-order valence-corrected chi connectivity index (χ3v) is 8.52. The third kappa shape index (κ3) is 3.77. The molecule has 3 heterocycles. The van der Waals surface area contributed by atoms with Crippen molar-refractivity contribution in [1.29, 1.82) is 0 Å². The van der Waals surface area contributed by atoms with Crippen LogP contribution in [-0.4, -0.2) is 43.2 Å². The highest BCUT2D eigenvalue weighted by Gasteiger charge is 2.40. The molecule has 2 amide bonds. The summed E-state index contributed by atoms with van der Waals surface area (Å²) in [5.41, 5.74) is 1.61. The maximum atomic E-state index is 13.3. The van der Waals surface area contributed by atoms with E-state index in [0.717, 1.165) is 16.1 Å². The Labute approximate surface area is 180 Å². The first kappa shape index (κ1) is 21.0. The summed E-state index contributed by atoms with van der Waals surface area (Å²) in [5, 5.41) is 4.81. The van der Waals surface area contributed by atoms with Crippen molar-refractivity contribution in [2.24, 2.45) is 0 Å². The number of carbonyl (C=O) groups is 2. The fourth-order valence-corrected chi connectivity index (χ4v) is 6.73. The number of thiophene rings is 1. The summed E-state index contributed by atoms with van der Waals surface area (Å²) in [6.07, 6.45) is 1.77. The summed E-state index contributed by atoms with van der Waals surface area (Å²) in [7, 11) is -3.81. The molecule has 2 aliphatic rings. The van der Waals surface area contributed by atoms with Gasteiger partial charge in [0.05, 0.1) is 11.4 Å². The van der Waals surface area contributed by atoms with Gasteiger partial charge in [-0.25, -0.2) is 8.42 Å². The van der Waals surface area contributed by atoms with E-state index >= 15 is 0 Å². The number of amides is 2. The van der Waals surface area contributed by atoms with E-state index in [1.165, 1.54) is 11.2 Å². The van der Waals surface area contributed by atoms with Gasteiger partial charge >= 0.3 is 0 Å². The first-order chi connectivity index (χ1) is 14.3. The van der Waals surface area contributed by atoms with Crippen LogP contribution in [0.4, 0.5) is 5.69 Å². The van der Waals surface area contributed by atoms with E-state index in [0.29, 0.717) is 32.4 Å². The third-order valence-electron chi connectivity index (χ3n) is 5.74. The second-order valence-electron chi connectivity index (χ2n) is 7.80. The zero-order valence-electron chi connectivity index (χ0n) is 17.0. The highest BCUT2D eigenvalue weighted by atomic mass is 32.2. The van der Waals surface area contributed by atoms with Crippen LogP contribution in [0.3, 0.4) is 0 Å². The zero-order valence-corrected chi connectivity index (χ0v) is 18.6. The Bertz CT molecular complexity index is 1070. The van der Waals surface area contributed by atoms with Crippen LogP contribution in [0.2, 0.25) is 0 Å². The van der Waals surface area contributed by atoms with Crippen molar-refractivity contribution < 1.29 is 18.0 Å². The van der Waals surface area contributed by atoms with E-state index in [-0.39, 0.29) is 22.8 Å². The van der Waals surface area contributed by atoms with Crippen LogP contribution in [0.15, 0.2) is 40.6 Å². The lowest BCUT2D eigenvalue weighted by Crippen LogP contribution is -2.45.